The second kappa shape index (κ2) is 14.7. The summed E-state index contributed by atoms with van der Waals surface area (Å²) in [5.41, 5.74) is 6.56. The maximum absolute atomic E-state index is 9.30. The van der Waals surface area contributed by atoms with E-state index in [-0.39, 0.29) is 27.9 Å². The van der Waals surface area contributed by atoms with Crippen LogP contribution in [0, 0.1) is 0 Å². The average molecular weight is 802 g/mol. The number of nitrogens with zero attached hydrogens (tertiary/aromatic N) is 5. The highest BCUT2D eigenvalue weighted by Crippen LogP contribution is 2.45. The third-order valence-corrected chi connectivity index (χ3v) is 11.4. The number of rotatable bonds is 7. The number of aromatic nitrogens is 5. The van der Waals surface area contributed by atoms with Crippen LogP contribution in [0.4, 0.5) is 0 Å². The minimum absolute atomic E-state index is 0.128. The van der Waals surface area contributed by atoms with E-state index in [4.69, 9.17) is 23.2 Å². The van der Waals surface area contributed by atoms with Crippen LogP contribution in [0.3, 0.4) is 0 Å². The van der Waals surface area contributed by atoms with Gasteiger partial charge in [-0.25, -0.2) is 4.98 Å². The fourth-order valence-corrected chi connectivity index (χ4v) is 8.65. The van der Waals surface area contributed by atoms with Gasteiger partial charge in [0.15, 0.2) is 11.6 Å². The topological polar surface area (TPSA) is 48.5 Å². The van der Waals surface area contributed by atoms with Crippen LogP contribution in [0.5, 0.6) is 0 Å². The monoisotopic (exact) mass is 801 g/mol. The summed E-state index contributed by atoms with van der Waals surface area (Å²) in [6, 6.07) is 47.2. The van der Waals surface area contributed by atoms with E-state index in [1.807, 2.05) is 143 Å². The van der Waals surface area contributed by atoms with E-state index in [1.54, 1.807) is 18.2 Å². The standard InChI is InChI=1S/C57H37N5/c1-5-18-38(19-6-1)39-32-34-43(35-33-39)56-58-55(42-24-11-4-12-25-42)59-57(60-56)62-51-31-16-14-27-47(51)49-37-36-48-46-26-13-15-30-50(46)61(53(48)54(49)62)52-44(40-20-7-2-8-21-40)28-17-29-45(52)41-22-9-3-10-23-41/h1-37H/i2D,3D,7D,8D,9D,10D,20D,21D,22D,23D. The summed E-state index contributed by atoms with van der Waals surface area (Å²) in [7, 11) is 0. The molecule has 5 nitrogen and oxygen atoms in total. The van der Waals surface area contributed by atoms with Crippen LogP contribution in [0.2, 0.25) is 0 Å². The molecule has 0 atom stereocenters. The van der Waals surface area contributed by atoms with Gasteiger partial charge < -0.3 is 4.57 Å². The second-order valence-corrected chi connectivity index (χ2v) is 14.9. The summed E-state index contributed by atoms with van der Waals surface area (Å²) in [5, 5.41) is 3.22. The number of para-hydroxylation sites is 3. The lowest BCUT2D eigenvalue weighted by atomic mass is 9.95. The Labute approximate surface area is 372 Å². The summed E-state index contributed by atoms with van der Waals surface area (Å²) in [6.07, 6.45) is 0. The van der Waals surface area contributed by atoms with Crippen molar-refractivity contribution < 1.29 is 13.7 Å². The van der Waals surface area contributed by atoms with Crippen molar-refractivity contribution in [2.24, 2.45) is 0 Å². The number of hydrogen-bond acceptors (Lipinski definition) is 3. The Morgan fingerprint density at radius 1 is 0.323 bits per heavy atom. The number of benzene rings is 9. The van der Waals surface area contributed by atoms with Gasteiger partial charge in [-0.05, 0) is 34.4 Å². The molecule has 9 aromatic carbocycles. The lowest BCUT2D eigenvalue weighted by molar-refractivity contribution is 0.953. The Hall–Kier alpha value is -8.41. The summed E-state index contributed by atoms with van der Waals surface area (Å²) < 4.78 is 93.3. The smallest absolute Gasteiger partial charge is 0.238 e. The van der Waals surface area contributed by atoms with Gasteiger partial charge in [0.25, 0.3) is 0 Å². The molecule has 0 bridgehead atoms. The SMILES string of the molecule is [2H]c1c([2H])c([2H])c(-c2cccc(-c3c([2H])c([2H])c([2H])c([2H])c3[2H])c2-n2c3ccccc3c3ccc4c5ccccc5n(-c5nc(-c6ccccc6)nc(-c6ccc(-c7ccccc7)cc6)n5)c4c32)c([2H])c1[2H]. The molecule has 0 aliphatic heterocycles. The molecule has 12 aromatic rings. The van der Waals surface area contributed by atoms with Gasteiger partial charge in [-0.3, -0.25) is 4.57 Å². The van der Waals surface area contributed by atoms with Crippen LogP contribution in [-0.4, -0.2) is 24.1 Å². The second-order valence-electron chi connectivity index (χ2n) is 14.9. The zero-order chi connectivity index (χ0) is 49.7. The van der Waals surface area contributed by atoms with Crippen LogP contribution in [0.1, 0.15) is 13.7 Å². The average Bonchev–Trinajstić information content (AvgIpc) is 3.94. The van der Waals surface area contributed by atoms with E-state index >= 15 is 0 Å². The molecule has 0 amide bonds. The van der Waals surface area contributed by atoms with Crippen LogP contribution in [0.25, 0.3) is 111 Å². The van der Waals surface area contributed by atoms with Gasteiger partial charge in [-0.1, -0.05) is 212 Å². The quantitative estimate of drug-likeness (QED) is 0.161. The Morgan fingerprint density at radius 2 is 0.758 bits per heavy atom. The first-order valence-corrected chi connectivity index (χ1v) is 20.1. The largest absolute Gasteiger partial charge is 0.306 e. The predicted octanol–water partition coefficient (Wildman–Crippen LogP) is 14.4. The van der Waals surface area contributed by atoms with E-state index in [0.717, 1.165) is 49.3 Å². The molecule has 0 spiro atoms. The van der Waals surface area contributed by atoms with Gasteiger partial charge in [0.2, 0.25) is 5.95 Å². The highest BCUT2D eigenvalue weighted by atomic mass is 15.2. The van der Waals surface area contributed by atoms with Gasteiger partial charge in [0, 0.05) is 43.8 Å². The van der Waals surface area contributed by atoms with E-state index < -0.39 is 60.4 Å². The van der Waals surface area contributed by atoms with Gasteiger partial charge >= 0.3 is 0 Å². The Bertz CT molecular complexity index is 4070. The van der Waals surface area contributed by atoms with Crippen LogP contribution in [0.15, 0.2) is 224 Å². The molecule has 0 unspecified atom stereocenters. The van der Waals surface area contributed by atoms with Crippen molar-refractivity contribution in [2.45, 2.75) is 0 Å². The number of fused-ring (bicyclic) bond motifs is 7. The lowest BCUT2D eigenvalue weighted by Crippen LogP contribution is -2.07. The maximum atomic E-state index is 9.30. The number of hydrogen-bond donors (Lipinski definition) is 0. The molecule has 290 valence electrons. The fourth-order valence-electron chi connectivity index (χ4n) is 8.65. The molecule has 0 saturated heterocycles. The maximum Gasteiger partial charge on any atom is 0.238 e. The molecular formula is C57H37N5. The minimum Gasteiger partial charge on any atom is -0.306 e. The highest BCUT2D eigenvalue weighted by Gasteiger charge is 2.26. The lowest BCUT2D eigenvalue weighted by Gasteiger charge is -2.20. The Morgan fingerprint density at radius 3 is 1.32 bits per heavy atom. The third kappa shape index (κ3) is 5.82. The summed E-state index contributed by atoms with van der Waals surface area (Å²) >= 11 is 0. The molecule has 0 fully saturated rings. The zero-order valence-corrected chi connectivity index (χ0v) is 32.8. The van der Waals surface area contributed by atoms with Crippen molar-refractivity contribution in [3.63, 3.8) is 0 Å². The summed E-state index contributed by atoms with van der Waals surface area (Å²) in [4.78, 5) is 15.6. The van der Waals surface area contributed by atoms with Crippen molar-refractivity contribution >= 4 is 43.6 Å². The van der Waals surface area contributed by atoms with Crippen molar-refractivity contribution in [1.82, 2.24) is 24.1 Å². The molecule has 0 aliphatic carbocycles. The molecule has 0 saturated carbocycles. The van der Waals surface area contributed by atoms with E-state index in [2.05, 4.69) is 12.1 Å². The normalized spacial score (nSPS) is 13.8. The minimum atomic E-state index is -0.570. The predicted molar refractivity (Wildman–Crippen MR) is 256 cm³/mol. The van der Waals surface area contributed by atoms with Crippen molar-refractivity contribution in [2.75, 3.05) is 0 Å². The molecule has 0 radical (unpaired) electrons. The summed E-state index contributed by atoms with van der Waals surface area (Å²) in [6.45, 7) is 0. The first-order valence-electron chi connectivity index (χ1n) is 25.1. The highest BCUT2D eigenvalue weighted by molar-refractivity contribution is 6.24. The molecule has 3 heterocycles. The van der Waals surface area contributed by atoms with Crippen LogP contribution >= 0.6 is 0 Å². The van der Waals surface area contributed by atoms with Crippen molar-refractivity contribution in [1.29, 1.82) is 0 Å². The van der Waals surface area contributed by atoms with Gasteiger partial charge in [-0.2, -0.15) is 9.97 Å². The van der Waals surface area contributed by atoms with Crippen LogP contribution < -0.4 is 0 Å². The molecule has 3 aromatic heterocycles. The first kappa shape index (κ1) is 26.6. The molecule has 0 aliphatic rings. The van der Waals surface area contributed by atoms with Crippen LogP contribution in [-0.2, 0) is 0 Å². The molecule has 12 rings (SSSR count). The van der Waals surface area contributed by atoms with E-state index in [9.17, 15) is 5.48 Å². The van der Waals surface area contributed by atoms with Gasteiger partial charge in [0.05, 0.1) is 41.5 Å². The van der Waals surface area contributed by atoms with Gasteiger partial charge in [-0.15, -0.1) is 0 Å². The molecule has 5 heteroatoms. The van der Waals surface area contributed by atoms with E-state index in [1.165, 1.54) is 0 Å². The Balaban J connectivity index is 1.26. The van der Waals surface area contributed by atoms with E-state index in [0.29, 0.717) is 34.1 Å². The molecule has 0 N–H and O–H groups in total. The fraction of sp³-hybridized carbons (Fsp3) is 0. The molecule has 62 heavy (non-hydrogen) atoms. The zero-order valence-electron chi connectivity index (χ0n) is 42.8. The first-order chi connectivity index (χ1) is 34.9. The van der Waals surface area contributed by atoms with Crippen molar-refractivity contribution in [3.8, 4) is 67.8 Å². The Kier molecular flexibility index (Phi) is 6.31. The third-order valence-electron chi connectivity index (χ3n) is 11.4. The molecular weight excluding hydrogens is 755 g/mol. The van der Waals surface area contributed by atoms with Crippen molar-refractivity contribution in [3.05, 3.63) is 224 Å². The van der Waals surface area contributed by atoms with Gasteiger partial charge in [0.1, 0.15) is 0 Å². The summed E-state index contributed by atoms with van der Waals surface area (Å²) in [5.74, 6) is 1.15.